The minimum Gasteiger partial charge on any atom is -0.270 e. The Morgan fingerprint density at radius 1 is 1.50 bits per heavy atom. The summed E-state index contributed by atoms with van der Waals surface area (Å²) in [7, 11) is 0. The summed E-state index contributed by atoms with van der Waals surface area (Å²) in [6.07, 6.45) is 2.59. The molecule has 0 spiro atoms. The van der Waals surface area contributed by atoms with E-state index in [1.165, 1.54) is 11.8 Å². The van der Waals surface area contributed by atoms with Crippen LogP contribution < -0.4 is 5.69 Å². The lowest BCUT2D eigenvalue weighted by Gasteiger charge is -2.04. The van der Waals surface area contributed by atoms with Crippen LogP contribution in [0, 0.1) is 0 Å². The SMILES string of the molecule is CCCn1c(Sc2ncc(Br)cc2Br)n[nH]c1=O. The maximum atomic E-state index is 11.6. The van der Waals surface area contributed by atoms with E-state index in [9.17, 15) is 4.79 Å². The smallest absolute Gasteiger partial charge is 0.270 e. The van der Waals surface area contributed by atoms with Gasteiger partial charge < -0.3 is 0 Å². The Bertz CT molecular complexity index is 610. The summed E-state index contributed by atoms with van der Waals surface area (Å²) in [5, 5.41) is 7.86. The van der Waals surface area contributed by atoms with E-state index < -0.39 is 0 Å². The number of H-pyrrole nitrogens is 1. The average molecular weight is 394 g/mol. The van der Waals surface area contributed by atoms with Crippen molar-refractivity contribution in [2.45, 2.75) is 30.1 Å². The summed E-state index contributed by atoms with van der Waals surface area (Å²) < 4.78 is 3.37. The highest BCUT2D eigenvalue weighted by molar-refractivity contribution is 9.11. The van der Waals surface area contributed by atoms with Gasteiger partial charge in [0.15, 0.2) is 5.16 Å². The third kappa shape index (κ3) is 3.04. The molecule has 2 rings (SSSR count). The number of hydrogen-bond donors (Lipinski definition) is 1. The van der Waals surface area contributed by atoms with E-state index >= 15 is 0 Å². The van der Waals surface area contributed by atoms with Crippen LogP contribution in [0.3, 0.4) is 0 Å². The van der Waals surface area contributed by atoms with Crippen LogP contribution in [0.4, 0.5) is 0 Å². The lowest BCUT2D eigenvalue weighted by Crippen LogP contribution is -2.17. The highest BCUT2D eigenvalue weighted by Crippen LogP contribution is 2.31. The molecule has 0 saturated heterocycles. The standard InChI is InChI=1S/C10H10Br2N4OS/c1-2-3-16-9(17)14-15-10(16)18-8-7(12)4-6(11)5-13-8/h4-5H,2-3H2,1H3,(H,14,17). The maximum absolute atomic E-state index is 11.6. The molecule has 96 valence electrons. The van der Waals surface area contributed by atoms with Crippen molar-refractivity contribution in [3.05, 3.63) is 31.7 Å². The fraction of sp³-hybridized carbons (Fsp3) is 0.300. The van der Waals surface area contributed by atoms with Crippen molar-refractivity contribution in [2.75, 3.05) is 0 Å². The molecular formula is C10H10Br2N4OS. The summed E-state index contributed by atoms with van der Waals surface area (Å²) in [6, 6.07) is 1.91. The first-order valence-corrected chi connectivity index (χ1v) is 7.66. The van der Waals surface area contributed by atoms with Gasteiger partial charge in [-0.2, -0.15) is 0 Å². The van der Waals surface area contributed by atoms with Crippen LogP contribution in [-0.4, -0.2) is 19.7 Å². The zero-order chi connectivity index (χ0) is 13.1. The van der Waals surface area contributed by atoms with Crippen LogP contribution >= 0.6 is 43.6 Å². The normalized spacial score (nSPS) is 10.8. The fourth-order valence-electron chi connectivity index (χ4n) is 1.37. The zero-order valence-electron chi connectivity index (χ0n) is 9.48. The predicted molar refractivity (Wildman–Crippen MR) is 76.9 cm³/mol. The number of aromatic nitrogens is 4. The molecule has 0 atom stereocenters. The predicted octanol–water partition coefficient (Wildman–Crippen LogP) is 3.05. The number of nitrogens with one attached hydrogen (secondary N) is 1. The van der Waals surface area contributed by atoms with Crippen molar-refractivity contribution >= 4 is 43.6 Å². The van der Waals surface area contributed by atoms with Gasteiger partial charge in [-0.3, -0.25) is 4.57 Å². The monoisotopic (exact) mass is 392 g/mol. The highest BCUT2D eigenvalue weighted by atomic mass is 79.9. The van der Waals surface area contributed by atoms with Gasteiger partial charge in [-0.1, -0.05) is 6.92 Å². The molecule has 0 aromatic carbocycles. The summed E-state index contributed by atoms with van der Waals surface area (Å²) in [5.74, 6) is 0. The van der Waals surface area contributed by atoms with Crippen LogP contribution in [0.2, 0.25) is 0 Å². The number of hydrogen-bond acceptors (Lipinski definition) is 4. The Morgan fingerprint density at radius 3 is 2.94 bits per heavy atom. The molecule has 0 fully saturated rings. The quantitative estimate of drug-likeness (QED) is 0.866. The zero-order valence-corrected chi connectivity index (χ0v) is 13.5. The molecule has 0 bridgehead atoms. The first kappa shape index (κ1) is 13.8. The van der Waals surface area contributed by atoms with Crippen LogP contribution in [0.15, 0.2) is 36.2 Å². The Morgan fingerprint density at radius 2 is 2.28 bits per heavy atom. The second-order valence-corrected chi connectivity index (χ2v) is 6.23. The maximum Gasteiger partial charge on any atom is 0.343 e. The van der Waals surface area contributed by atoms with Gasteiger partial charge >= 0.3 is 5.69 Å². The van der Waals surface area contributed by atoms with Crippen molar-refractivity contribution in [1.82, 2.24) is 19.7 Å². The molecule has 0 radical (unpaired) electrons. The highest BCUT2D eigenvalue weighted by Gasteiger charge is 2.12. The molecule has 0 amide bonds. The third-order valence-corrected chi connectivity index (χ3v) is 4.45. The summed E-state index contributed by atoms with van der Waals surface area (Å²) >= 11 is 8.13. The number of aromatic amines is 1. The van der Waals surface area contributed by atoms with Gasteiger partial charge in [0, 0.05) is 17.2 Å². The lowest BCUT2D eigenvalue weighted by molar-refractivity contribution is 0.603. The van der Waals surface area contributed by atoms with Crippen molar-refractivity contribution in [1.29, 1.82) is 0 Å². The molecule has 0 saturated carbocycles. The first-order chi connectivity index (χ1) is 8.61. The van der Waals surface area contributed by atoms with Crippen LogP contribution in [-0.2, 0) is 6.54 Å². The molecule has 18 heavy (non-hydrogen) atoms. The molecule has 2 aromatic heterocycles. The van der Waals surface area contributed by atoms with E-state index in [0.29, 0.717) is 11.7 Å². The molecule has 0 aliphatic rings. The minimum absolute atomic E-state index is 0.187. The summed E-state index contributed by atoms with van der Waals surface area (Å²) in [4.78, 5) is 15.8. The van der Waals surface area contributed by atoms with Gasteiger partial charge in [-0.05, 0) is 56.1 Å². The Labute approximate surface area is 125 Å². The van der Waals surface area contributed by atoms with Crippen molar-refractivity contribution in [3.8, 4) is 0 Å². The summed E-state index contributed by atoms with van der Waals surface area (Å²) in [5.41, 5.74) is -0.187. The topological polar surface area (TPSA) is 63.6 Å². The first-order valence-electron chi connectivity index (χ1n) is 5.26. The molecular weight excluding hydrogens is 384 g/mol. The number of pyridine rings is 1. The van der Waals surface area contributed by atoms with Crippen LogP contribution in [0.5, 0.6) is 0 Å². The molecule has 8 heteroatoms. The van der Waals surface area contributed by atoms with E-state index in [2.05, 4.69) is 47.0 Å². The third-order valence-electron chi connectivity index (χ3n) is 2.13. The van der Waals surface area contributed by atoms with E-state index in [1.807, 2.05) is 13.0 Å². The Hall–Kier alpha value is -0.600. The van der Waals surface area contributed by atoms with Gasteiger partial charge in [0.1, 0.15) is 5.03 Å². The van der Waals surface area contributed by atoms with E-state index in [1.54, 1.807) is 10.8 Å². The Kier molecular flexibility index (Phi) is 4.63. The molecule has 0 aliphatic carbocycles. The van der Waals surface area contributed by atoms with Gasteiger partial charge in [0.25, 0.3) is 0 Å². The molecule has 0 unspecified atom stereocenters. The van der Waals surface area contributed by atoms with E-state index in [0.717, 1.165) is 20.4 Å². The van der Waals surface area contributed by atoms with Gasteiger partial charge in [0.05, 0.1) is 4.47 Å². The number of halogens is 2. The minimum atomic E-state index is -0.187. The lowest BCUT2D eigenvalue weighted by atomic mass is 10.5. The second kappa shape index (κ2) is 6.03. The number of nitrogens with zero attached hydrogens (tertiary/aromatic N) is 3. The van der Waals surface area contributed by atoms with Crippen molar-refractivity contribution in [2.24, 2.45) is 0 Å². The van der Waals surface area contributed by atoms with Gasteiger partial charge in [0.2, 0.25) is 0 Å². The van der Waals surface area contributed by atoms with Gasteiger partial charge in [-0.25, -0.2) is 14.9 Å². The molecule has 2 heterocycles. The van der Waals surface area contributed by atoms with Crippen molar-refractivity contribution < 1.29 is 0 Å². The second-order valence-electron chi connectivity index (χ2n) is 3.51. The fourth-order valence-corrected chi connectivity index (χ4v) is 3.41. The molecule has 2 aromatic rings. The average Bonchev–Trinajstić information content (AvgIpc) is 2.66. The van der Waals surface area contributed by atoms with Crippen molar-refractivity contribution in [3.63, 3.8) is 0 Å². The molecule has 5 nitrogen and oxygen atoms in total. The molecule has 0 aliphatic heterocycles. The van der Waals surface area contributed by atoms with E-state index in [4.69, 9.17) is 0 Å². The largest absolute Gasteiger partial charge is 0.343 e. The summed E-state index contributed by atoms with van der Waals surface area (Å²) in [6.45, 7) is 2.66. The molecule has 1 N–H and O–H groups in total. The van der Waals surface area contributed by atoms with Crippen LogP contribution in [0.25, 0.3) is 0 Å². The number of rotatable bonds is 4. The van der Waals surface area contributed by atoms with Gasteiger partial charge in [-0.15, -0.1) is 5.10 Å². The van der Waals surface area contributed by atoms with E-state index in [-0.39, 0.29) is 5.69 Å². The Balaban J connectivity index is 2.31. The van der Waals surface area contributed by atoms with Crippen LogP contribution in [0.1, 0.15) is 13.3 Å².